The molecule has 5 heteroatoms. The van der Waals surface area contributed by atoms with Crippen molar-refractivity contribution in [3.05, 3.63) is 65.7 Å². The maximum absolute atomic E-state index is 12.5. The average molecular weight is 307 g/mol. The molecule has 0 bridgehead atoms. The van der Waals surface area contributed by atoms with E-state index in [4.69, 9.17) is 0 Å². The van der Waals surface area contributed by atoms with Crippen molar-refractivity contribution in [2.24, 2.45) is 0 Å². The van der Waals surface area contributed by atoms with Crippen LogP contribution in [-0.4, -0.2) is 5.91 Å². The molecule has 0 radical (unpaired) electrons. The summed E-state index contributed by atoms with van der Waals surface area (Å²) in [4.78, 5) is 11.9. The molecule has 0 heterocycles. The first-order valence-electron chi connectivity index (χ1n) is 6.88. The molecule has 22 heavy (non-hydrogen) atoms. The molecular weight excluding hydrogens is 291 g/mol. The average Bonchev–Trinajstić information content (AvgIpc) is 2.47. The lowest BCUT2D eigenvalue weighted by molar-refractivity contribution is -0.137. The Kier molecular flexibility index (Phi) is 4.85. The Morgan fingerprint density at radius 3 is 2.18 bits per heavy atom. The molecule has 1 atom stereocenters. The zero-order valence-electron chi connectivity index (χ0n) is 12.0. The zero-order valence-corrected chi connectivity index (χ0v) is 12.0. The number of halogens is 3. The highest BCUT2D eigenvalue weighted by atomic mass is 19.4. The highest BCUT2D eigenvalue weighted by molar-refractivity contribution is 5.91. The van der Waals surface area contributed by atoms with Crippen molar-refractivity contribution in [2.45, 2.75) is 25.4 Å². The van der Waals surface area contributed by atoms with Gasteiger partial charge in [-0.05, 0) is 35.7 Å². The van der Waals surface area contributed by atoms with Crippen LogP contribution in [0.1, 0.15) is 30.4 Å². The molecule has 0 aliphatic rings. The van der Waals surface area contributed by atoms with Crippen molar-refractivity contribution in [1.82, 2.24) is 0 Å². The highest BCUT2D eigenvalue weighted by Crippen LogP contribution is 2.30. The van der Waals surface area contributed by atoms with Crippen molar-refractivity contribution < 1.29 is 18.0 Å². The minimum atomic E-state index is -4.37. The summed E-state index contributed by atoms with van der Waals surface area (Å²) in [6.07, 6.45) is -4.10. The van der Waals surface area contributed by atoms with E-state index >= 15 is 0 Å². The van der Waals surface area contributed by atoms with E-state index in [-0.39, 0.29) is 18.2 Å². The summed E-state index contributed by atoms with van der Waals surface area (Å²) < 4.78 is 37.4. The fourth-order valence-electron chi connectivity index (χ4n) is 2.13. The Bertz CT molecular complexity index is 621. The van der Waals surface area contributed by atoms with Gasteiger partial charge in [-0.3, -0.25) is 4.79 Å². The van der Waals surface area contributed by atoms with Crippen molar-refractivity contribution in [3.8, 4) is 0 Å². The minimum absolute atomic E-state index is 0.0376. The second-order valence-corrected chi connectivity index (χ2v) is 5.14. The number of benzene rings is 2. The Morgan fingerprint density at radius 2 is 1.64 bits per heavy atom. The number of hydrogen-bond donors (Lipinski definition) is 1. The van der Waals surface area contributed by atoms with Crippen LogP contribution in [0.3, 0.4) is 0 Å². The molecule has 0 unspecified atom stereocenters. The van der Waals surface area contributed by atoms with E-state index in [1.165, 1.54) is 12.1 Å². The van der Waals surface area contributed by atoms with Gasteiger partial charge in [0.15, 0.2) is 0 Å². The number of alkyl halides is 3. The van der Waals surface area contributed by atoms with E-state index in [1.807, 2.05) is 37.3 Å². The smallest absolute Gasteiger partial charge is 0.326 e. The first-order valence-corrected chi connectivity index (χ1v) is 6.88. The summed E-state index contributed by atoms with van der Waals surface area (Å²) in [6, 6.07) is 14.0. The first-order chi connectivity index (χ1) is 10.4. The summed E-state index contributed by atoms with van der Waals surface area (Å²) in [7, 11) is 0. The van der Waals surface area contributed by atoms with Gasteiger partial charge in [0, 0.05) is 12.1 Å². The molecule has 116 valence electrons. The molecule has 2 nitrogen and oxygen atoms in total. The fraction of sp³-hybridized carbons (Fsp3) is 0.235. The zero-order chi connectivity index (χ0) is 16.2. The lowest BCUT2D eigenvalue weighted by Crippen LogP contribution is -2.14. The number of carbonyl (C=O) groups is 1. The van der Waals surface area contributed by atoms with Crippen LogP contribution in [-0.2, 0) is 11.0 Å². The first kappa shape index (κ1) is 16.1. The molecule has 0 aliphatic carbocycles. The fourth-order valence-corrected chi connectivity index (χ4v) is 2.13. The van der Waals surface area contributed by atoms with Crippen molar-refractivity contribution in [1.29, 1.82) is 0 Å². The number of hydrogen-bond acceptors (Lipinski definition) is 1. The van der Waals surface area contributed by atoms with Crippen LogP contribution in [0.2, 0.25) is 0 Å². The predicted octanol–water partition coefficient (Wildman–Crippen LogP) is 4.84. The maximum atomic E-state index is 12.5. The van der Waals surface area contributed by atoms with E-state index in [1.54, 1.807) is 0 Å². The molecule has 2 rings (SSSR count). The summed E-state index contributed by atoms with van der Waals surface area (Å²) in [6.45, 7) is 1.93. The van der Waals surface area contributed by atoms with Gasteiger partial charge < -0.3 is 5.32 Å². The third-order valence-electron chi connectivity index (χ3n) is 3.36. The van der Waals surface area contributed by atoms with Crippen molar-refractivity contribution in [2.75, 3.05) is 5.32 Å². The van der Waals surface area contributed by atoms with Crippen LogP contribution in [0.25, 0.3) is 0 Å². The van der Waals surface area contributed by atoms with E-state index in [0.717, 1.165) is 17.7 Å². The van der Waals surface area contributed by atoms with E-state index in [2.05, 4.69) is 5.32 Å². The van der Waals surface area contributed by atoms with Crippen molar-refractivity contribution >= 4 is 11.6 Å². The van der Waals surface area contributed by atoms with E-state index < -0.39 is 11.7 Å². The molecular formula is C17H16F3NO. The lowest BCUT2D eigenvalue weighted by atomic mass is 9.97. The molecule has 2 aromatic carbocycles. The molecule has 1 N–H and O–H groups in total. The number of anilines is 1. The largest absolute Gasteiger partial charge is 0.416 e. The Labute approximate surface area is 127 Å². The van der Waals surface area contributed by atoms with Gasteiger partial charge in [-0.2, -0.15) is 13.2 Å². The van der Waals surface area contributed by atoms with Crippen LogP contribution in [0.4, 0.5) is 18.9 Å². The normalized spacial score (nSPS) is 12.7. The molecule has 0 aliphatic heterocycles. The molecule has 0 fully saturated rings. The molecule has 1 amide bonds. The Hall–Kier alpha value is -2.30. The third-order valence-corrected chi connectivity index (χ3v) is 3.36. The predicted molar refractivity (Wildman–Crippen MR) is 79.5 cm³/mol. The molecule has 2 aromatic rings. The SMILES string of the molecule is C[C@@H](CC(=O)Nc1ccc(C(F)(F)F)cc1)c1ccccc1. The van der Waals surface area contributed by atoms with Crippen LogP contribution in [0, 0.1) is 0 Å². The minimum Gasteiger partial charge on any atom is -0.326 e. The summed E-state index contributed by atoms with van der Waals surface area (Å²) in [5.74, 6) is -0.188. The third kappa shape index (κ3) is 4.35. The van der Waals surface area contributed by atoms with Gasteiger partial charge in [0.05, 0.1) is 5.56 Å². The topological polar surface area (TPSA) is 29.1 Å². The summed E-state index contributed by atoms with van der Waals surface area (Å²) in [5, 5.41) is 2.61. The highest BCUT2D eigenvalue weighted by Gasteiger charge is 2.29. The number of nitrogens with one attached hydrogen (secondary N) is 1. The van der Waals surface area contributed by atoms with Gasteiger partial charge in [0.2, 0.25) is 5.91 Å². The van der Waals surface area contributed by atoms with Gasteiger partial charge in [0.25, 0.3) is 0 Å². The van der Waals surface area contributed by atoms with Crippen LogP contribution in [0.5, 0.6) is 0 Å². The number of amides is 1. The van der Waals surface area contributed by atoms with Crippen LogP contribution >= 0.6 is 0 Å². The summed E-state index contributed by atoms with van der Waals surface area (Å²) in [5.41, 5.74) is 0.673. The second kappa shape index (κ2) is 6.64. The Balaban J connectivity index is 1.95. The van der Waals surface area contributed by atoms with Crippen LogP contribution < -0.4 is 5.32 Å². The van der Waals surface area contributed by atoms with E-state index in [0.29, 0.717) is 5.69 Å². The monoisotopic (exact) mass is 307 g/mol. The van der Waals surface area contributed by atoms with Gasteiger partial charge in [0.1, 0.15) is 0 Å². The Morgan fingerprint density at radius 1 is 1.05 bits per heavy atom. The quantitative estimate of drug-likeness (QED) is 0.860. The van der Waals surface area contributed by atoms with Crippen LogP contribution in [0.15, 0.2) is 54.6 Å². The molecule has 0 saturated carbocycles. The number of carbonyl (C=O) groups excluding carboxylic acids is 1. The lowest BCUT2D eigenvalue weighted by Gasteiger charge is -2.12. The van der Waals surface area contributed by atoms with E-state index in [9.17, 15) is 18.0 Å². The van der Waals surface area contributed by atoms with Crippen molar-refractivity contribution in [3.63, 3.8) is 0 Å². The maximum Gasteiger partial charge on any atom is 0.416 e. The molecule has 0 saturated heterocycles. The summed E-state index contributed by atoms with van der Waals surface area (Å²) >= 11 is 0. The molecule has 0 aromatic heterocycles. The van der Waals surface area contributed by atoms with Gasteiger partial charge in [-0.15, -0.1) is 0 Å². The van der Waals surface area contributed by atoms with Gasteiger partial charge >= 0.3 is 6.18 Å². The van der Waals surface area contributed by atoms with Gasteiger partial charge in [-0.1, -0.05) is 37.3 Å². The standard InChI is InChI=1S/C17H16F3NO/c1-12(13-5-3-2-4-6-13)11-16(22)21-15-9-7-14(8-10-15)17(18,19)20/h2-10,12H,11H2,1H3,(H,21,22)/t12-/m0/s1. The number of rotatable bonds is 4. The second-order valence-electron chi connectivity index (χ2n) is 5.14. The van der Waals surface area contributed by atoms with Gasteiger partial charge in [-0.25, -0.2) is 0 Å². The molecule has 0 spiro atoms.